The number of aliphatic carboxylic acids is 1. The van der Waals surface area contributed by atoms with Crippen LogP contribution < -0.4 is 4.74 Å². The second kappa shape index (κ2) is 7.66. The molecule has 0 aliphatic carbocycles. The predicted molar refractivity (Wildman–Crippen MR) is 87.2 cm³/mol. The van der Waals surface area contributed by atoms with Crippen LogP contribution in [0.25, 0.3) is 0 Å². The van der Waals surface area contributed by atoms with Gasteiger partial charge in [0.2, 0.25) is 0 Å². The number of ether oxygens (including phenoxy) is 2. The number of carbonyl (C=O) groups excluding carboxylic acids is 1. The molecule has 6 heteroatoms. The molecule has 2 saturated heterocycles. The quantitative estimate of drug-likeness (QED) is 0.895. The molecule has 2 aliphatic heterocycles. The van der Waals surface area contributed by atoms with Gasteiger partial charge in [0.25, 0.3) is 5.91 Å². The van der Waals surface area contributed by atoms with Crippen molar-refractivity contribution in [2.75, 3.05) is 19.8 Å². The number of nitrogens with zero attached hydrogens (tertiary/aromatic N) is 1. The fraction of sp³-hybridized carbons (Fsp3) is 0.556. The van der Waals surface area contributed by atoms with Crippen LogP contribution >= 0.6 is 0 Å². The molecule has 0 saturated carbocycles. The van der Waals surface area contributed by atoms with Crippen LogP contribution in [0.15, 0.2) is 24.3 Å². The minimum atomic E-state index is -0.931. The van der Waals surface area contributed by atoms with E-state index < -0.39 is 12.0 Å². The van der Waals surface area contributed by atoms with Crippen LogP contribution in [0, 0.1) is 0 Å². The zero-order chi connectivity index (χ0) is 16.9. The number of likely N-dealkylation sites (tertiary alicyclic amines) is 1. The topological polar surface area (TPSA) is 76.1 Å². The number of rotatable bonds is 5. The summed E-state index contributed by atoms with van der Waals surface area (Å²) in [5.74, 6) is -0.470. The first-order valence-electron chi connectivity index (χ1n) is 8.53. The molecular formula is C18H23NO5. The van der Waals surface area contributed by atoms with Crippen molar-refractivity contribution in [3.05, 3.63) is 29.8 Å². The fourth-order valence-electron chi connectivity index (χ4n) is 3.26. The van der Waals surface area contributed by atoms with Crippen molar-refractivity contribution >= 4 is 11.9 Å². The highest BCUT2D eigenvalue weighted by atomic mass is 16.5. The van der Waals surface area contributed by atoms with Crippen molar-refractivity contribution < 1.29 is 24.2 Å². The third-order valence-corrected chi connectivity index (χ3v) is 4.61. The fourth-order valence-corrected chi connectivity index (χ4v) is 3.26. The maximum atomic E-state index is 12.6. The zero-order valence-corrected chi connectivity index (χ0v) is 13.6. The molecule has 1 aromatic rings. The van der Waals surface area contributed by atoms with Crippen molar-refractivity contribution in [1.29, 1.82) is 0 Å². The molecule has 1 amide bonds. The molecule has 3 rings (SSSR count). The van der Waals surface area contributed by atoms with Gasteiger partial charge >= 0.3 is 5.97 Å². The average Bonchev–Trinajstić information content (AvgIpc) is 3.13. The summed E-state index contributed by atoms with van der Waals surface area (Å²) in [7, 11) is 0. The number of piperidine rings is 1. The number of amides is 1. The molecule has 1 unspecified atom stereocenters. The summed E-state index contributed by atoms with van der Waals surface area (Å²) in [6.45, 7) is 1.80. The Kier molecular flexibility index (Phi) is 5.35. The van der Waals surface area contributed by atoms with E-state index in [9.17, 15) is 14.7 Å². The largest absolute Gasteiger partial charge is 0.491 e. The first-order chi connectivity index (χ1) is 11.6. The van der Waals surface area contributed by atoms with Gasteiger partial charge in [-0.2, -0.15) is 0 Å². The Hall–Kier alpha value is -2.08. The van der Waals surface area contributed by atoms with Crippen LogP contribution in [-0.2, 0) is 9.53 Å². The molecule has 2 atom stereocenters. The van der Waals surface area contributed by atoms with E-state index in [1.54, 1.807) is 24.3 Å². The third-order valence-electron chi connectivity index (χ3n) is 4.61. The van der Waals surface area contributed by atoms with Crippen LogP contribution in [0.5, 0.6) is 5.75 Å². The number of hydrogen-bond acceptors (Lipinski definition) is 4. The lowest BCUT2D eigenvalue weighted by Gasteiger charge is -2.33. The highest BCUT2D eigenvalue weighted by Crippen LogP contribution is 2.22. The van der Waals surface area contributed by atoms with Gasteiger partial charge < -0.3 is 19.5 Å². The Morgan fingerprint density at radius 2 is 1.96 bits per heavy atom. The third kappa shape index (κ3) is 3.87. The van der Waals surface area contributed by atoms with Gasteiger partial charge in [-0.25, -0.2) is 4.79 Å². The van der Waals surface area contributed by atoms with Gasteiger partial charge in [0, 0.05) is 18.7 Å². The molecule has 0 radical (unpaired) electrons. The van der Waals surface area contributed by atoms with E-state index in [4.69, 9.17) is 9.47 Å². The number of carboxylic acid groups (broad SMARTS) is 1. The zero-order valence-electron chi connectivity index (χ0n) is 13.6. The van der Waals surface area contributed by atoms with Crippen molar-refractivity contribution in [2.45, 2.75) is 44.2 Å². The average molecular weight is 333 g/mol. The van der Waals surface area contributed by atoms with Crippen LogP contribution in [0.1, 0.15) is 42.5 Å². The van der Waals surface area contributed by atoms with E-state index in [2.05, 4.69) is 0 Å². The lowest BCUT2D eigenvalue weighted by molar-refractivity contribution is -0.143. The Morgan fingerprint density at radius 3 is 2.62 bits per heavy atom. The second-order valence-electron chi connectivity index (χ2n) is 6.32. The van der Waals surface area contributed by atoms with E-state index in [1.807, 2.05) is 0 Å². The maximum Gasteiger partial charge on any atom is 0.326 e. The van der Waals surface area contributed by atoms with Crippen LogP contribution in [0.3, 0.4) is 0 Å². The first kappa shape index (κ1) is 16.8. The molecule has 2 aliphatic rings. The Bertz CT molecular complexity index is 580. The molecule has 1 N–H and O–H groups in total. The number of hydrogen-bond donors (Lipinski definition) is 1. The first-order valence-corrected chi connectivity index (χ1v) is 8.53. The van der Waals surface area contributed by atoms with Crippen molar-refractivity contribution in [3.8, 4) is 5.75 Å². The van der Waals surface area contributed by atoms with Crippen molar-refractivity contribution in [2.24, 2.45) is 0 Å². The summed E-state index contributed by atoms with van der Waals surface area (Å²) >= 11 is 0. The number of carbonyl (C=O) groups is 2. The summed E-state index contributed by atoms with van der Waals surface area (Å²) in [6.07, 6.45) is 4.44. The predicted octanol–water partition coefficient (Wildman–Crippen LogP) is 2.32. The molecule has 6 nitrogen and oxygen atoms in total. The van der Waals surface area contributed by atoms with E-state index in [0.29, 0.717) is 30.9 Å². The van der Waals surface area contributed by atoms with Crippen LogP contribution in [-0.4, -0.2) is 53.8 Å². The lowest BCUT2D eigenvalue weighted by Crippen LogP contribution is -2.47. The van der Waals surface area contributed by atoms with Gasteiger partial charge in [0.15, 0.2) is 0 Å². The van der Waals surface area contributed by atoms with Crippen LogP contribution in [0.2, 0.25) is 0 Å². The molecule has 2 fully saturated rings. The van der Waals surface area contributed by atoms with E-state index in [-0.39, 0.29) is 12.0 Å². The number of carboxylic acids is 1. The highest BCUT2D eigenvalue weighted by Gasteiger charge is 2.32. The van der Waals surface area contributed by atoms with E-state index in [1.165, 1.54) is 4.90 Å². The maximum absolute atomic E-state index is 12.6. The molecule has 24 heavy (non-hydrogen) atoms. The molecule has 0 spiro atoms. The smallest absolute Gasteiger partial charge is 0.326 e. The number of benzene rings is 1. The minimum absolute atomic E-state index is 0.149. The van der Waals surface area contributed by atoms with Crippen molar-refractivity contribution in [1.82, 2.24) is 4.90 Å². The molecule has 2 heterocycles. The summed E-state index contributed by atoms with van der Waals surface area (Å²) in [5.41, 5.74) is 0.493. The summed E-state index contributed by atoms with van der Waals surface area (Å²) in [6, 6.07) is 6.17. The van der Waals surface area contributed by atoms with Gasteiger partial charge in [-0.3, -0.25) is 4.79 Å². The Balaban J connectivity index is 1.61. The second-order valence-corrected chi connectivity index (χ2v) is 6.32. The van der Waals surface area contributed by atoms with E-state index >= 15 is 0 Å². The van der Waals surface area contributed by atoms with Gasteiger partial charge in [-0.1, -0.05) is 0 Å². The standard InChI is InChI=1S/C18H23NO5/c20-17(19-10-2-1-5-16(19)18(21)22)13-6-8-14(9-7-13)24-12-15-4-3-11-23-15/h6-9,15-16H,1-5,10-12H2,(H,21,22)/t15?,16-/m1/s1. The molecule has 130 valence electrons. The summed E-state index contributed by atoms with van der Waals surface area (Å²) in [5, 5.41) is 9.30. The monoisotopic (exact) mass is 333 g/mol. The highest BCUT2D eigenvalue weighted by molar-refractivity contribution is 5.96. The lowest BCUT2D eigenvalue weighted by atomic mass is 10.0. The normalized spacial score (nSPS) is 23.9. The minimum Gasteiger partial charge on any atom is -0.491 e. The van der Waals surface area contributed by atoms with Crippen LogP contribution in [0.4, 0.5) is 0 Å². The van der Waals surface area contributed by atoms with Gasteiger partial charge in [-0.05, 0) is 56.4 Å². The Morgan fingerprint density at radius 1 is 1.17 bits per heavy atom. The van der Waals surface area contributed by atoms with Crippen molar-refractivity contribution in [3.63, 3.8) is 0 Å². The van der Waals surface area contributed by atoms with Gasteiger partial charge in [0.05, 0.1) is 6.10 Å². The van der Waals surface area contributed by atoms with Gasteiger partial charge in [0.1, 0.15) is 18.4 Å². The molecular weight excluding hydrogens is 310 g/mol. The summed E-state index contributed by atoms with van der Waals surface area (Å²) < 4.78 is 11.2. The molecule has 0 aromatic heterocycles. The summed E-state index contributed by atoms with van der Waals surface area (Å²) in [4.78, 5) is 25.4. The SMILES string of the molecule is O=C(O)[C@H]1CCCCN1C(=O)c1ccc(OCC2CCCO2)cc1. The molecule has 1 aromatic carbocycles. The van der Waals surface area contributed by atoms with E-state index in [0.717, 1.165) is 32.3 Å². The molecule has 0 bridgehead atoms. The Labute approximate surface area is 141 Å². The van der Waals surface area contributed by atoms with Gasteiger partial charge in [-0.15, -0.1) is 0 Å².